The molecule has 42 heavy (non-hydrogen) atoms. The van der Waals surface area contributed by atoms with Crippen LogP contribution in [0, 0.1) is 0 Å². The van der Waals surface area contributed by atoms with Crippen LogP contribution in [0.25, 0.3) is 0 Å². The molecule has 13 nitrogen and oxygen atoms in total. The predicted octanol–water partition coefficient (Wildman–Crippen LogP) is 3.31. The molecular weight excluding hydrogens is 570 g/mol. The van der Waals surface area contributed by atoms with Crippen LogP contribution >= 0.6 is 0 Å². The third-order valence-electron chi connectivity index (χ3n) is 5.11. The maximum absolute atomic E-state index is 13.2. The molecule has 0 aliphatic rings. The van der Waals surface area contributed by atoms with Crippen molar-refractivity contribution >= 4 is 28.0 Å². The highest BCUT2D eigenvalue weighted by molar-refractivity contribution is 7.85. The number of hydroxylamine groups is 1. The first-order chi connectivity index (χ1) is 19.8. The fourth-order valence-electron chi connectivity index (χ4n) is 3.31. The van der Waals surface area contributed by atoms with Crippen molar-refractivity contribution in [1.29, 1.82) is 0 Å². The van der Waals surface area contributed by atoms with Gasteiger partial charge in [-0.2, -0.15) is 13.9 Å². The van der Waals surface area contributed by atoms with Gasteiger partial charge in [0.25, 0.3) is 21.9 Å². The summed E-state index contributed by atoms with van der Waals surface area (Å²) in [4.78, 5) is 41.1. The molecular formula is C28H31N3O10S. The van der Waals surface area contributed by atoms with E-state index < -0.39 is 45.1 Å². The van der Waals surface area contributed by atoms with E-state index in [-0.39, 0.29) is 30.3 Å². The molecule has 3 aromatic carbocycles. The summed E-state index contributed by atoms with van der Waals surface area (Å²) in [6.07, 6.45) is -0.926. The van der Waals surface area contributed by atoms with Crippen molar-refractivity contribution in [2.45, 2.75) is 44.5 Å². The first kappa shape index (κ1) is 31.9. The van der Waals surface area contributed by atoms with Gasteiger partial charge in [-0.1, -0.05) is 60.7 Å². The number of carbonyl (C=O) groups is 3. The zero-order valence-electron chi connectivity index (χ0n) is 23.1. The molecule has 0 unspecified atom stereocenters. The molecule has 0 spiro atoms. The smallest absolute Gasteiger partial charge is 0.431 e. The van der Waals surface area contributed by atoms with Crippen molar-refractivity contribution in [2.24, 2.45) is 0 Å². The van der Waals surface area contributed by atoms with Gasteiger partial charge in [0.05, 0.1) is 10.5 Å². The van der Waals surface area contributed by atoms with Crippen LogP contribution in [0.2, 0.25) is 0 Å². The fourth-order valence-corrected chi connectivity index (χ4v) is 3.83. The van der Waals surface area contributed by atoms with Crippen LogP contribution in [0.1, 0.15) is 42.3 Å². The highest BCUT2D eigenvalue weighted by atomic mass is 32.2. The highest BCUT2D eigenvalue weighted by Gasteiger charge is 2.25. The molecule has 14 heteroatoms. The molecule has 0 saturated heterocycles. The van der Waals surface area contributed by atoms with E-state index >= 15 is 0 Å². The van der Waals surface area contributed by atoms with Gasteiger partial charge in [-0.3, -0.25) is 29.8 Å². The summed E-state index contributed by atoms with van der Waals surface area (Å²) in [5.74, 6) is -2.16. The largest absolute Gasteiger partial charge is 0.485 e. The zero-order valence-corrected chi connectivity index (χ0v) is 23.9. The Labute approximate surface area is 242 Å². The lowest BCUT2D eigenvalue weighted by Crippen LogP contribution is -2.44. The van der Waals surface area contributed by atoms with Gasteiger partial charge < -0.3 is 14.2 Å². The molecule has 0 bridgehead atoms. The van der Waals surface area contributed by atoms with Crippen LogP contribution in [0.3, 0.4) is 0 Å². The Balaban J connectivity index is 1.81. The van der Waals surface area contributed by atoms with Crippen LogP contribution in [-0.4, -0.2) is 43.1 Å². The number of hydrogen-bond donors (Lipinski definition) is 4. The third-order valence-corrected chi connectivity index (χ3v) is 5.94. The minimum atomic E-state index is -4.79. The Morgan fingerprint density at radius 3 is 1.95 bits per heavy atom. The van der Waals surface area contributed by atoms with Crippen molar-refractivity contribution in [3.8, 4) is 11.5 Å². The summed E-state index contributed by atoms with van der Waals surface area (Å²) in [6, 6.07) is 19.8. The van der Waals surface area contributed by atoms with E-state index in [2.05, 4.69) is 10.9 Å². The van der Waals surface area contributed by atoms with Gasteiger partial charge in [-0.15, -0.1) is 0 Å². The summed E-state index contributed by atoms with van der Waals surface area (Å²) in [5.41, 5.74) is 6.44. The Morgan fingerprint density at radius 2 is 1.40 bits per heavy atom. The number of rotatable bonds is 11. The van der Waals surface area contributed by atoms with E-state index in [9.17, 15) is 27.4 Å². The molecule has 0 atom stereocenters. The zero-order chi connectivity index (χ0) is 30.8. The van der Waals surface area contributed by atoms with Gasteiger partial charge in [0.1, 0.15) is 18.8 Å². The Hall–Kier alpha value is -4.66. The topological polar surface area (TPSA) is 179 Å². The van der Waals surface area contributed by atoms with Crippen molar-refractivity contribution in [2.75, 3.05) is 6.61 Å². The lowest BCUT2D eigenvalue weighted by atomic mass is 10.1. The van der Waals surface area contributed by atoms with E-state index in [1.807, 2.05) is 17.6 Å². The average Bonchev–Trinajstić information content (AvgIpc) is 2.93. The maximum atomic E-state index is 13.2. The van der Waals surface area contributed by atoms with Crippen LogP contribution < -0.4 is 25.8 Å². The monoisotopic (exact) mass is 601 g/mol. The van der Waals surface area contributed by atoms with Crippen LogP contribution in [0.5, 0.6) is 11.5 Å². The summed E-state index contributed by atoms with van der Waals surface area (Å²) in [6.45, 7) is 4.18. The lowest BCUT2D eigenvalue weighted by Gasteiger charge is -2.19. The van der Waals surface area contributed by atoms with Crippen molar-refractivity contribution in [3.05, 3.63) is 89.5 Å². The highest BCUT2D eigenvalue weighted by Crippen LogP contribution is 2.36. The van der Waals surface area contributed by atoms with E-state index in [1.165, 1.54) is 0 Å². The molecule has 4 N–H and O–H groups in total. The Bertz CT molecular complexity index is 1490. The third kappa shape index (κ3) is 10.4. The van der Waals surface area contributed by atoms with Gasteiger partial charge >= 0.3 is 6.09 Å². The molecule has 0 aliphatic heterocycles. The molecule has 0 heterocycles. The molecule has 0 aromatic heterocycles. The van der Waals surface area contributed by atoms with E-state index in [4.69, 9.17) is 19.0 Å². The molecule has 0 radical (unpaired) electrons. The van der Waals surface area contributed by atoms with Crippen LogP contribution in [0.4, 0.5) is 4.79 Å². The van der Waals surface area contributed by atoms with Crippen molar-refractivity contribution in [1.82, 2.24) is 16.3 Å². The number of nitrogens with one attached hydrogen (secondary N) is 3. The molecule has 0 fully saturated rings. The normalized spacial score (nSPS) is 11.2. The minimum absolute atomic E-state index is 0.0166. The number of amides is 3. The number of carbonyl (C=O) groups excluding carboxylic acids is 3. The second-order valence-corrected chi connectivity index (χ2v) is 11.1. The fraction of sp³-hybridized carbons (Fsp3) is 0.250. The van der Waals surface area contributed by atoms with Crippen molar-refractivity contribution in [3.63, 3.8) is 0 Å². The summed E-state index contributed by atoms with van der Waals surface area (Å²) < 4.78 is 50.6. The SMILES string of the molecule is CC(C)(C)OC(=O)NOCC(=O)NNC(=O)c1cc(S(=O)(=O)O)cc(OCc2ccccc2)c1OCc1ccccc1. The van der Waals surface area contributed by atoms with Gasteiger partial charge in [-0.05, 0) is 38.0 Å². The van der Waals surface area contributed by atoms with Crippen LogP contribution in [-0.2, 0) is 37.7 Å². The van der Waals surface area contributed by atoms with Gasteiger partial charge in [0, 0.05) is 6.07 Å². The molecule has 0 aliphatic carbocycles. The number of benzene rings is 3. The first-order valence-electron chi connectivity index (χ1n) is 12.5. The van der Waals surface area contributed by atoms with E-state index in [0.717, 1.165) is 23.3 Å². The molecule has 3 amide bonds. The second kappa shape index (κ2) is 14.3. The number of hydrazine groups is 1. The maximum Gasteiger partial charge on any atom is 0.431 e. The van der Waals surface area contributed by atoms with Gasteiger partial charge in [0.2, 0.25) is 0 Å². The Morgan fingerprint density at radius 1 is 0.833 bits per heavy atom. The summed E-state index contributed by atoms with van der Waals surface area (Å²) >= 11 is 0. The molecule has 3 aromatic rings. The molecule has 224 valence electrons. The molecule has 0 saturated carbocycles. The van der Waals surface area contributed by atoms with Gasteiger partial charge in [-0.25, -0.2) is 4.79 Å². The molecule has 3 rings (SSSR count). The predicted molar refractivity (Wildman–Crippen MR) is 149 cm³/mol. The minimum Gasteiger partial charge on any atom is -0.485 e. The number of ether oxygens (including phenoxy) is 3. The first-order valence-corrected chi connectivity index (χ1v) is 13.9. The summed E-state index contributed by atoms with van der Waals surface area (Å²) in [7, 11) is -4.79. The van der Waals surface area contributed by atoms with E-state index in [1.54, 1.807) is 69.3 Å². The standard InChI is InChI=1S/C28H31N3O10S/c1-28(2,3)41-27(34)31-40-18-24(32)29-30-26(33)22-14-21(42(35,36)37)15-23(38-16-19-10-6-4-7-11-19)25(22)39-17-20-12-8-5-9-13-20/h4-15H,16-18H2,1-3H3,(H,29,32)(H,30,33)(H,31,34)(H,35,36,37). The lowest BCUT2D eigenvalue weighted by molar-refractivity contribution is -0.128. The van der Waals surface area contributed by atoms with E-state index in [0.29, 0.717) is 0 Å². The quantitative estimate of drug-likeness (QED) is 0.188. The van der Waals surface area contributed by atoms with Crippen molar-refractivity contribution < 1.29 is 46.4 Å². The van der Waals surface area contributed by atoms with Crippen LogP contribution in [0.15, 0.2) is 77.7 Å². The summed E-state index contributed by atoms with van der Waals surface area (Å²) in [5, 5.41) is 0. The Kier molecular flexibility index (Phi) is 10.8. The number of hydrogen-bond acceptors (Lipinski definition) is 9. The second-order valence-electron chi connectivity index (χ2n) is 9.72. The average molecular weight is 602 g/mol. The van der Waals surface area contributed by atoms with Gasteiger partial charge in [0.15, 0.2) is 18.1 Å².